The highest BCUT2D eigenvalue weighted by Crippen LogP contribution is 2.23. The van der Waals surface area contributed by atoms with E-state index < -0.39 is 11.8 Å². The fourth-order valence-electron chi connectivity index (χ4n) is 2.15. The van der Waals surface area contributed by atoms with Crippen LogP contribution in [-0.4, -0.2) is 23.3 Å². The summed E-state index contributed by atoms with van der Waals surface area (Å²) in [5, 5.41) is 7.45. The highest BCUT2D eigenvalue weighted by Gasteiger charge is 2.14. The van der Waals surface area contributed by atoms with E-state index in [1.165, 1.54) is 25.6 Å². The monoisotopic (exact) mass is 328 g/mol. The second-order valence-corrected chi connectivity index (χ2v) is 4.85. The lowest BCUT2D eigenvalue weighted by Gasteiger charge is -2.10. The number of nitrogens with zero attached hydrogens (tertiary/aromatic N) is 2. The summed E-state index contributed by atoms with van der Waals surface area (Å²) in [4.78, 5) is 11.7. The van der Waals surface area contributed by atoms with E-state index in [1.54, 1.807) is 24.3 Å². The summed E-state index contributed by atoms with van der Waals surface area (Å²) < 4.78 is 28.8. The van der Waals surface area contributed by atoms with Gasteiger partial charge in [0.25, 0.3) is 0 Å². The third-order valence-corrected chi connectivity index (χ3v) is 3.31. The zero-order valence-electron chi connectivity index (χ0n) is 12.7. The molecule has 0 fully saturated rings. The van der Waals surface area contributed by atoms with E-state index in [4.69, 9.17) is 9.15 Å². The fourth-order valence-corrected chi connectivity index (χ4v) is 2.15. The molecule has 122 valence electrons. The third-order valence-electron chi connectivity index (χ3n) is 3.31. The number of carbonyl (C=O) groups excluding carboxylic acids is 1. The van der Waals surface area contributed by atoms with Crippen molar-refractivity contribution < 1.29 is 23.1 Å². The first-order chi connectivity index (χ1) is 11.7. The van der Waals surface area contributed by atoms with Gasteiger partial charge < -0.3 is 13.9 Å². The Balaban J connectivity index is 1.79. The molecule has 1 aromatic heterocycles. The van der Waals surface area contributed by atoms with Gasteiger partial charge in [-0.05, 0) is 30.3 Å². The Hall–Kier alpha value is -3.22. The fraction of sp³-hybridized carbons (Fsp3) is 0.118. The number of methoxy groups -OCH3 is 1. The van der Waals surface area contributed by atoms with E-state index in [1.807, 2.05) is 0 Å². The lowest BCUT2D eigenvalue weighted by Crippen LogP contribution is -2.08. The van der Waals surface area contributed by atoms with Gasteiger partial charge in [-0.3, -0.25) is 0 Å². The van der Waals surface area contributed by atoms with Crippen LogP contribution >= 0.6 is 0 Å². The largest absolute Gasteiger partial charge is 0.489 e. The van der Waals surface area contributed by atoms with Gasteiger partial charge >= 0.3 is 5.97 Å². The predicted octanol–water partition coefficient (Wildman–Crippen LogP) is 3.24. The number of esters is 1. The second-order valence-electron chi connectivity index (χ2n) is 4.85. The second kappa shape index (κ2) is 6.91. The first kappa shape index (κ1) is 15.7. The Morgan fingerprint density at radius 3 is 2.88 bits per heavy atom. The smallest absolute Gasteiger partial charge is 0.338 e. The SMILES string of the molecule is COC(=O)c1cc(F)ccc1COc1cccc(-c2nnco2)c1. The van der Waals surface area contributed by atoms with Crippen molar-refractivity contribution in [3.8, 4) is 17.2 Å². The summed E-state index contributed by atoms with van der Waals surface area (Å²) in [6.07, 6.45) is 1.24. The maximum atomic E-state index is 13.3. The van der Waals surface area contributed by atoms with E-state index in [0.29, 0.717) is 22.8 Å². The molecular weight excluding hydrogens is 315 g/mol. The lowest BCUT2D eigenvalue weighted by atomic mass is 10.1. The first-order valence-corrected chi connectivity index (χ1v) is 7.03. The molecule has 0 aliphatic carbocycles. The quantitative estimate of drug-likeness (QED) is 0.669. The van der Waals surface area contributed by atoms with Gasteiger partial charge in [0.05, 0.1) is 12.7 Å². The van der Waals surface area contributed by atoms with Crippen LogP contribution in [0.5, 0.6) is 5.75 Å². The molecule has 0 saturated carbocycles. The molecule has 1 heterocycles. The van der Waals surface area contributed by atoms with Crippen molar-refractivity contribution in [2.75, 3.05) is 7.11 Å². The van der Waals surface area contributed by atoms with Crippen LogP contribution in [0.1, 0.15) is 15.9 Å². The van der Waals surface area contributed by atoms with E-state index in [2.05, 4.69) is 14.9 Å². The number of rotatable bonds is 5. The summed E-state index contributed by atoms with van der Waals surface area (Å²) in [5.41, 5.74) is 1.36. The van der Waals surface area contributed by atoms with Crippen molar-refractivity contribution in [2.45, 2.75) is 6.61 Å². The van der Waals surface area contributed by atoms with Crippen molar-refractivity contribution in [3.63, 3.8) is 0 Å². The van der Waals surface area contributed by atoms with Crippen LogP contribution < -0.4 is 4.74 Å². The van der Waals surface area contributed by atoms with E-state index in [9.17, 15) is 9.18 Å². The van der Waals surface area contributed by atoms with Crippen molar-refractivity contribution >= 4 is 5.97 Å². The summed E-state index contributed by atoms with van der Waals surface area (Å²) in [5.74, 6) is -0.214. The van der Waals surface area contributed by atoms with Gasteiger partial charge in [0, 0.05) is 11.1 Å². The zero-order chi connectivity index (χ0) is 16.9. The standard InChI is InChI=1S/C17H13FN2O4/c1-22-17(21)15-8-13(18)6-5-12(15)9-23-14-4-2-3-11(7-14)16-20-19-10-24-16/h2-8,10H,9H2,1H3. The number of benzene rings is 2. The normalized spacial score (nSPS) is 10.4. The summed E-state index contributed by atoms with van der Waals surface area (Å²) in [6.45, 7) is 0.0813. The maximum absolute atomic E-state index is 13.3. The van der Waals surface area contributed by atoms with Gasteiger partial charge in [-0.25, -0.2) is 9.18 Å². The molecule has 0 aliphatic rings. The summed E-state index contributed by atoms with van der Waals surface area (Å²) in [6, 6.07) is 10.9. The molecule has 0 unspecified atom stereocenters. The van der Waals surface area contributed by atoms with Crippen LogP contribution in [0.2, 0.25) is 0 Å². The van der Waals surface area contributed by atoms with E-state index >= 15 is 0 Å². The number of hydrogen-bond donors (Lipinski definition) is 0. The van der Waals surface area contributed by atoms with Crippen LogP contribution in [0.3, 0.4) is 0 Å². The van der Waals surface area contributed by atoms with Crippen LogP contribution in [-0.2, 0) is 11.3 Å². The van der Waals surface area contributed by atoms with Gasteiger partial charge in [-0.2, -0.15) is 0 Å². The maximum Gasteiger partial charge on any atom is 0.338 e. The van der Waals surface area contributed by atoms with E-state index in [0.717, 1.165) is 6.07 Å². The Kier molecular flexibility index (Phi) is 4.51. The van der Waals surface area contributed by atoms with Crippen LogP contribution in [0.25, 0.3) is 11.5 Å². The molecule has 7 heteroatoms. The van der Waals surface area contributed by atoms with Crippen LogP contribution in [0.15, 0.2) is 53.3 Å². The van der Waals surface area contributed by atoms with Crippen molar-refractivity contribution in [1.82, 2.24) is 10.2 Å². The number of hydrogen-bond acceptors (Lipinski definition) is 6. The Morgan fingerprint density at radius 1 is 1.25 bits per heavy atom. The van der Waals surface area contributed by atoms with Crippen molar-refractivity contribution in [3.05, 3.63) is 65.8 Å². The number of carbonyl (C=O) groups is 1. The summed E-state index contributed by atoms with van der Waals surface area (Å²) in [7, 11) is 1.24. The van der Waals surface area contributed by atoms with Crippen molar-refractivity contribution in [2.24, 2.45) is 0 Å². The molecule has 24 heavy (non-hydrogen) atoms. The number of aromatic nitrogens is 2. The number of ether oxygens (including phenoxy) is 2. The minimum absolute atomic E-state index is 0.0813. The Labute approximate surface area is 136 Å². The molecule has 0 spiro atoms. The minimum Gasteiger partial charge on any atom is -0.489 e. The zero-order valence-corrected chi connectivity index (χ0v) is 12.7. The van der Waals surface area contributed by atoms with Gasteiger partial charge in [-0.15, -0.1) is 10.2 Å². The molecule has 0 amide bonds. The molecule has 0 N–H and O–H groups in total. The molecule has 0 radical (unpaired) electrons. The molecule has 6 nitrogen and oxygen atoms in total. The first-order valence-electron chi connectivity index (χ1n) is 7.03. The molecule has 0 saturated heterocycles. The lowest BCUT2D eigenvalue weighted by molar-refractivity contribution is 0.0597. The summed E-state index contributed by atoms with van der Waals surface area (Å²) >= 11 is 0. The predicted molar refractivity (Wildman–Crippen MR) is 81.8 cm³/mol. The van der Waals surface area contributed by atoms with Gasteiger partial charge in [0.1, 0.15) is 18.2 Å². The van der Waals surface area contributed by atoms with Gasteiger partial charge in [-0.1, -0.05) is 12.1 Å². The average molecular weight is 328 g/mol. The molecular formula is C17H13FN2O4. The highest BCUT2D eigenvalue weighted by molar-refractivity contribution is 5.91. The van der Waals surface area contributed by atoms with Crippen LogP contribution in [0.4, 0.5) is 4.39 Å². The topological polar surface area (TPSA) is 74.5 Å². The highest BCUT2D eigenvalue weighted by atomic mass is 19.1. The number of halogens is 1. The van der Waals surface area contributed by atoms with Gasteiger partial charge in [0.2, 0.25) is 12.3 Å². The molecule has 3 rings (SSSR count). The average Bonchev–Trinajstić information content (AvgIpc) is 3.15. The molecule has 3 aromatic rings. The molecule has 0 atom stereocenters. The molecule has 0 bridgehead atoms. The van der Waals surface area contributed by atoms with Crippen LogP contribution in [0, 0.1) is 5.82 Å². The Bertz CT molecular complexity index is 850. The van der Waals surface area contributed by atoms with Gasteiger partial charge in [0.15, 0.2) is 0 Å². The molecule has 2 aromatic carbocycles. The molecule has 0 aliphatic heterocycles. The van der Waals surface area contributed by atoms with E-state index in [-0.39, 0.29) is 12.2 Å². The van der Waals surface area contributed by atoms with Crippen molar-refractivity contribution in [1.29, 1.82) is 0 Å². The Morgan fingerprint density at radius 2 is 2.12 bits per heavy atom. The minimum atomic E-state index is -0.618. The third kappa shape index (κ3) is 3.40.